The number of aromatic nitrogens is 1. The second-order valence-electron chi connectivity index (χ2n) is 5.25. The van der Waals surface area contributed by atoms with Gasteiger partial charge in [-0.3, -0.25) is 14.7 Å². The van der Waals surface area contributed by atoms with Gasteiger partial charge in [0.25, 0.3) is 0 Å². The van der Waals surface area contributed by atoms with Crippen molar-refractivity contribution in [2.45, 2.75) is 46.7 Å². The maximum atomic E-state index is 10.7. The van der Waals surface area contributed by atoms with Crippen LogP contribution >= 0.6 is 0 Å². The molecule has 1 rings (SSSR count). The van der Waals surface area contributed by atoms with Gasteiger partial charge in [0.1, 0.15) is 5.75 Å². The van der Waals surface area contributed by atoms with E-state index >= 15 is 0 Å². The van der Waals surface area contributed by atoms with Gasteiger partial charge in [-0.25, -0.2) is 0 Å². The van der Waals surface area contributed by atoms with Crippen LogP contribution < -0.4 is 4.74 Å². The predicted octanol–water partition coefficient (Wildman–Crippen LogP) is 2.39. The topological polar surface area (TPSA) is 62.7 Å². The highest BCUT2D eigenvalue weighted by molar-refractivity contribution is 5.66. The van der Waals surface area contributed by atoms with E-state index in [0.717, 1.165) is 22.6 Å². The standard InChI is InChI=1S/C15H24N2O3/c1-10(2)17(7-6-14(18)19)9-13-12(4)15(20-5)11(3)8-16-13/h8,10H,6-7,9H2,1-5H3,(H,18,19). The van der Waals surface area contributed by atoms with E-state index in [-0.39, 0.29) is 12.5 Å². The summed E-state index contributed by atoms with van der Waals surface area (Å²) in [6.45, 7) is 9.22. The van der Waals surface area contributed by atoms with E-state index in [4.69, 9.17) is 9.84 Å². The Balaban J connectivity index is 2.91. The average Bonchev–Trinajstić information content (AvgIpc) is 2.36. The lowest BCUT2D eigenvalue weighted by Crippen LogP contribution is -2.33. The van der Waals surface area contributed by atoms with Crippen molar-refractivity contribution >= 4 is 5.97 Å². The Labute approximate surface area is 120 Å². The van der Waals surface area contributed by atoms with Gasteiger partial charge >= 0.3 is 5.97 Å². The zero-order valence-corrected chi connectivity index (χ0v) is 12.9. The summed E-state index contributed by atoms with van der Waals surface area (Å²) in [4.78, 5) is 17.3. The number of carboxylic acids is 1. The Bertz CT molecular complexity index is 472. The van der Waals surface area contributed by atoms with Crippen molar-refractivity contribution in [2.75, 3.05) is 13.7 Å². The Kier molecular flexibility index (Phi) is 5.95. The molecule has 0 radical (unpaired) electrons. The summed E-state index contributed by atoms with van der Waals surface area (Å²) in [7, 11) is 1.66. The molecule has 0 unspecified atom stereocenters. The fraction of sp³-hybridized carbons (Fsp3) is 0.600. The maximum Gasteiger partial charge on any atom is 0.304 e. The number of pyridine rings is 1. The second kappa shape index (κ2) is 7.24. The van der Waals surface area contributed by atoms with Crippen molar-refractivity contribution in [2.24, 2.45) is 0 Å². The highest BCUT2D eigenvalue weighted by atomic mass is 16.5. The van der Waals surface area contributed by atoms with Crippen LogP contribution in [-0.4, -0.2) is 40.7 Å². The molecule has 0 aliphatic rings. The summed E-state index contributed by atoms with van der Waals surface area (Å²) in [6, 6.07) is 0.267. The van der Waals surface area contributed by atoms with E-state index in [0.29, 0.717) is 13.1 Å². The predicted molar refractivity (Wildman–Crippen MR) is 78.1 cm³/mol. The van der Waals surface area contributed by atoms with Crippen molar-refractivity contribution in [3.05, 3.63) is 23.0 Å². The zero-order valence-electron chi connectivity index (χ0n) is 12.9. The zero-order chi connectivity index (χ0) is 15.3. The maximum absolute atomic E-state index is 10.7. The molecule has 1 N–H and O–H groups in total. The number of aryl methyl sites for hydroxylation is 1. The van der Waals surface area contributed by atoms with Crippen LogP contribution in [0.25, 0.3) is 0 Å². The molecule has 5 heteroatoms. The van der Waals surface area contributed by atoms with E-state index < -0.39 is 5.97 Å². The third-order valence-corrected chi connectivity index (χ3v) is 3.45. The number of nitrogens with zero attached hydrogens (tertiary/aromatic N) is 2. The molecule has 1 aromatic heterocycles. The quantitative estimate of drug-likeness (QED) is 0.831. The van der Waals surface area contributed by atoms with Gasteiger partial charge in [0.15, 0.2) is 0 Å². The molecule has 0 spiro atoms. The van der Waals surface area contributed by atoms with Crippen molar-refractivity contribution in [1.29, 1.82) is 0 Å². The number of carbonyl (C=O) groups is 1. The molecule has 1 aromatic rings. The van der Waals surface area contributed by atoms with E-state index in [9.17, 15) is 4.79 Å². The largest absolute Gasteiger partial charge is 0.496 e. The SMILES string of the molecule is COc1c(C)cnc(CN(CCC(=O)O)C(C)C)c1C. The van der Waals surface area contributed by atoms with E-state index in [1.807, 2.05) is 13.8 Å². The normalized spacial score (nSPS) is 11.2. The number of methoxy groups -OCH3 is 1. The van der Waals surface area contributed by atoms with Gasteiger partial charge in [-0.2, -0.15) is 0 Å². The first-order valence-electron chi connectivity index (χ1n) is 6.81. The molecule has 0 bridgehead atoms. The van der Waals surface area contributed by atoms with Gasteiger partial charge in [0, 0.05) is 36.5 Å². The lowest BCUT2D eigenvalue weighted by atomic mass is 10.1. The van der Waals surface area contributed by atoms with Crippen molar-refractivity contribution in [3.8, 4) is 5.75 Å². The van der Waals surface area contributed by atoms with Crippen molar-refractivity contribution < 1.29 is 14.6 Å². The van der Waals surface area contributed by atoms with Gasteiger partial charge in [0.05, 0.1) is 19.2 Å². The molecule has 5 nitrogen and oxygen atoms in total. The van der Waals surface area contributed by atoms with E-state index in [1.54, 1.807) is 13.3 Å². The van der Waals surface area contributed by atoms with Gasteiger partial charge in [0.2, 0.25) is 0 Å². The molecule has 0 saturated carbocycles. The third kappa shape index (κ3) is 4.20. The van der Waals surface area contributed by atoms with Crippen molar-refractivity contribution in [1.82, 2.24) is 9.88 Å². The van der Waals surface area contributed by atoms with E-state index in [1.165, 1.54) is 0 Å². The lowest BCUT2D eigenvalue weighted by molar-refractivity contribution is -0.137. The van der Waals surface area contributed by atoms with Gasteiger partial charge in [-0.1, -0.05) is 0 Å². The minimum Gasteiger partial charge on any atom is -0.496 e. The summed E-state index contributed by atoms with van der Waals surface area (Å²) in [5.41, 5.74) is 2.97. The molecule has 1 heterocycles. The molecule has 20 heavy (non-hydrogen) atoms. The smallest absolute Gasteiger partial charge is 0.304 e. The van der Waals surface area contributed by atoms with Crippen LogP contribution in [-0.2, 0) is 11.3 Å². The summed E-state index contributed by atoms with van der Waals surface area (Å²) < 4.78 is 5.40. The summed E-state index contributed by atoms with van der Waals surface area (Å²) >= 11 is 0. The van der Waals surface area contributed by atoms with Crippen LogP contribution in [0.2, 0.25) is 0 Å². The molecular weight excluding hydrogens is 256 g/mol. The molecule has 0 fully saturated rings. The van der Waals surface area contributed by atoms with Crippen LogP contribution in [0.4, 0.5) is 0 Å². The molecule has 0 aliphatic heterocycles. The minimum absolute atomic E-state index is 0.139. The molecular formula is C15H24N2O3. The number of hydrogen-bond donors (Lipinski definition) is 1. The first-order chi connectivity index (χ1) is 9.36. The number of carboxylic acid groups (broad SMARTS) is 1. The number of ether oxygens (including phenoxy) is 1. The first-order valence-corrected chi connectivity index (χ1v) is 6.81. The molecule has 0 saturated heterocycles. The molecule has 0 atom stereocenters. The molecule has 0 aromatic carbocycles. The summed E-state index contributed by atoms with van der Waals surface area (Å²) in [6.07, 6.45) is 1.94. The Morgan fingerprint density at radius 3 is 2.60 bits per heavy atom. The Hall–Kier alpha value is -1.62. The van der Waals surface area contributed by atoms with Gasteiger partial charge in [-0.15, -0.1) is 0 Å². The fourth-order valence-electron chi connectivity index (χ4n) is 2.18. The van der Waals surface area contributed by atoms with Crippen LogP contribution in [0.3, 0.4) is 0 Å². The fourth-order valence-corrected chi connectivity index (χ4v) is 2.18. The van der Waals surface area contributed by atoms with Crippen LogP contribution in [0.5, 0.6) is 5.75 Å². The van der Waals surface area contributed by atoms with Crippen LogP contribution in [0.15, 0.2) is 6.20 Å². The monoisotopic (exact) mass is 280 g/mol. The lowest BCUT2D eigenvalue weighted by Gasteiger charge is -2.26. The molecule has 112 valence electrons. The summed E-state index contributed by atoms with van der Waals surface area (Å²) in [5, 5.41) is 8.82. The number of hydrogen-bond acceptors (Lipinski definition) is 4. The third-order valence-electron chi connectivity index (χ3n) is 3.45. The Morgan fingerprint density at radius 1 is 1.45 bits per heavy atom. The highest BCUT2D eigenvalue weighted by Crippen LogP contribution is 2.25. The van der Waals surface area contributed by atoms with Gasteiger partial charge < -0.3 is 9.84 Å². The summed E-state index contributed by atoms with van der Waals surface area (Å²) in [5.74, 6) is 0.0822. The Morgan fingerprint density at radius 2 is 2.10 bits per heavy atom. The number of aliphatic carboxylic acids is 1. The van der Waals surface area contributed by atoms with Crippen LogP contribution in [0, 0.1) is 13.8 Å². The molecule has 0 aliphatic carbocycles. The van der Waals surface area contributed by atoms with Gasteiger partial charge in [-0.05, 0) is 27.7 Å². The van der Waals surface area contributed by atoms with Crippen LogP contribution in [0.1, 0.15) is 37.1 Å². The number of rotatable bonds is 7. The van der Waals surface area contributed by atoms with E-state index in [2.05, 4.69) is 23.7 Å². The molecule has 0 amide bonds. The second-order valence-corrected chi connectivity index (χ2v) is 5.25. The average molecular weight is 280 g/mol. The van der Waals surface area contributed by atoms with Crippen molar-refractivity contribution in [3.63, 3.8) is 0 Å². The first kappa shape index (κ1) is 16.4. The minimum atomic E-state index is -0.776. The highest BCUT2D eigenvalue weighted by Gasteiger charge is 2.16.